The number of ether oxygens (including phenoxy) is 3. The van der Waals surface area contributed by atoms with Crippen molar-refractivity contribution in [1.29, 1.82) is 0 Å². The van der Waals surface area contributed by atoms with Crippen molar-refractivity contribution in [2.45, 2.75) is 32.0 Å². The Morgan fingerprint density at radius 2 is 0.775 bits per heavy atom. The first-order valence-corrected chi connectivity index (χ1v) is 13.3. The van der Waals surface area contributed by atoms with Crippen LogP contribution in [0.1, 0.15) is 40.0 Å². The molecule has 0 bridgehead atoms. The van der Waals surface area contributed by atoms with E-state index in [0.29, 0.717) is 48.2 Å². The van der Waals surface area contributed by atoms with Gasteiger partial charge in [0.05, 0.1) is 0 Å². The average Bonchev–Trinajstić information content (AvgIpc) is 3.03. The maximum absolute atomic E-state index is 11.2. The van der Waals surface area contributed by atoms with Crippen LogP contribution in [0, 0.1) is 0 Å². The summed E-state index contributed by atoms with van der Waals surface area (Å²) < 4.78 is 18.0. The molecule has 40 heavy (non-hydrogen) atoms. The number of hydrogen-bond donors (Lipinski definition) is 2. The summed E-state index contributed by atoms with van der Waals surface area (Å²) in [7, 11) is 0. The molecular weight excluding hydrogens is 500 g/mol. The maximum Gasteiger partial charge on any atom is 0.123 e. The van der Waals surface area contributed by atoms with Gasteiger partial charge in [-0.25, -0.2) is 0 Å². The molecule has 0 fully saturated rings. The molecule has 0 aromatic heterocycles. The second kappa shape index (κ2) is 13.5. The standard InChI is InChI=1S/C35H32O5/c36-34(29-16-18-31(19-17-29)38-23-26-10-4-1-5-11-26)35(37)30-20-32(39-24-27-12-6-2-7-13-27)22-33(21-30)40-25-28-14-8-3-9-15-28/h1-22,34-37H,23-25H2. The van der Waals surface area contributed by atoms with Gasteiger partial charge in [-0.05, 0) is 52.1 Å². The summed E-state index contributed by atoms with van der Waals surface area (Å²) in [4.78, 5) is 0. The van der Waals surface area contributed by atoms with Gasteiger partial charge in [0.2, 0.25) is 0 Å². The quantitative estimate of drug-likeness (QED) is 0.178. The van der Waals surface area contributed by atoms with Crippen LogP contribution in [0.2, 0.25) is 0 Å². The third kappa shape index (κ3) is 7.50. The SMILES string of the molecule is OC(c1ccc(OCc2ccccc2)cc1)C(O)c1cc(OCc2ccccc2)cc(OCc2ccccc2)c1. The van der Waals surface area contributed by atoms with Crippen LogP contribution in [0.25, 0.3) is 0 Å². The zero-order chi connectivity index (χ0) is 27.6. The first-order chi connectivity index (χ1) is 19.6. The van der Waals surface area contributed by atoms with E-state index < -0.39 is 12.2 Å². The molecule has 5 rings (SSSR count). The molecule has 2 unspecified atom stereocenters. The zero-order valence-corrected chi connectivity index (χ0v) is 22.1. The molecule has 0 spiro atoms. The summed E-state index contributed by atoms with van der Waals surface area (Å²) in [6.07, 6.45) is -2.36. The van der Waals surface area contributed by atoms with Gasteiger partial charge < -0.3 is 24.4 Å². The first-order valence-electron chi connectivity index (χ1n) is 13.3. The Morgan fingerprint density at radius 3 is 1.20 bits per heavy atom. The van der Waals surface area contributed by atoms with E-state index in [9.17, 15) is 10.2 Å². The van der Waals surface area contributed by atoms with Crippen LogP contribution in [0.5, 0.6) is 17.2 Å². The average molecular weight is 533 g/mol. The highest BCUT2D eigenvalue weighted by atomic mass is 16.5. The van der Waals surface area contributed by atoms with E-state index in [1.807, 2.05) is 91.0 Å². The highest BCUT2D eigenvalue weighted by Crippen LogP contribution is 2.34. The third-order valence-corrected chi connectivity index (χ3v) is 6.51. The summed E-state index contributed by atoms with van der Waals surface area (Å²) in [5, 5.41) is 22.3. The van der Waals surface area contributed by atoms with E-state index in [-0.39, 0.29) is 0 Å². The van der Waals surface area contributed by atoms with Gasteiger partial charge in [0, 0.05) is 6.07 Å². The van der Waals surface area contributed by atoms with Crippen molar-refractivity contribution < 1.29 is 24.4 Å². The van der Waals surface area contributed by atoms with E-state index in [1.54, 1.807) is 42.5 Å². The summed E-state index contributed by atoms with van der Waals surface area (Å²) in [6, 6.07) is 42.0. The van der Waals surface area contributed by atoms with Gasteiger partial charge in [-0.15, -0.1) is 0 Å². The summed E-state index contributed by atoms with van der Waals surface area (Å²) >= 11 is 0. The fraction of sp³-hybridized carbons (Fsp3) is 0.143. The van der Waals surface area contributed by atoms with Crippen LogP contribution >= 0.6 is 0 Å². The molecular formula is C35H32O5. The van der Waals surface area contributed by atoms with Crippen LogP contribution < -0.4 is 14.2 Å². The van der Waals surface area contributed by atoms with Crippen LogP contribution in [0.15, 0.2) is 133 Å². The van der Waals surface area contributed by atoms with E-state index in [1.165, 1.54) is 0 Å². The first kappa shape index (κ1) is 27.0. The Morgan fingerprint density at radius 1 is 0.400 bits per heavy atom. The summed E-state index contributed by atoms with van der Waals surface area (Å²) in [5.41, 5.74) is 4.18. The van der Waals surface area contributed by atoms with Crippen LogP contribution in [-0.2, 0) is 19.8 Å². The number of aliphatic hydroxyl groups is 2. The van der Waals surface area contributed by atoms with Crippen molar-refractivity contribution in [2.75, 3.05) is 0 Å². The molecule has 0 heterocycles. The summed E-state index contributed by atoms with van der Waals surface area (Å²) in [5.74, 6) is 1.77. The third-order valence-electron chi connectivity index (χ3n) is 6.51. The minimum absolute atomic E-state index is 0.367. The van der Waals surface area contributed by atoms with E-state index >= 15 is 0 Å². The van der Waals surface area contributed by atoms with Gasteiger partial charge in [-0.1, -0.05) is 103 Å². The lowest BCUT2D eigenvalue weighted by Crippen LogP contribution is -2.11. The predicted octanol–water partition coefficient (Wildman–Crippen LogP) is 7.19. The lowest BCUT2D eigenvalue weighted by atomic mass is 9.98. The van der Waals surface area contributed by atoms with Gasteiger partial charge in [0.25, 0.3) is 0 Å². The van der Waals surface area contributed by atoms with Crippen molar-refractivity contribution in [2.24, 2.45) is 0 Å². The maximum atomic E-state index is 11.2. The molecule has 0 radical (unpaired) electrons. The number of hydrogen-bond acceptors (Lipinski definition) is 5. The molecule has 0 saturated carbocycles. The van der Waals surface area contributed by atoms with Crippen molar-refractivity contribution in [3.8, 4) is 17.2 Å². The number of rotatable bonds is 12. The monoisotopic (exact) mass is 532 g/mol. The van der Waals surface area contributed by atoms with Crippen LogP contribution in [0.3, 0.4) is 0 Å². The molecule has 5 heteroatoms. The second-order valence-electron chi connectivity index (χ2n) is 9.52. The molecule has 0 aliphatic rings. The molecule has 2 N–H and O–H groups in total. The van der Waals surface area contributed by atoms with Gasteiger partial charge in [0.15, 0.2) is 0 Å². The fourth-order valence-electron chi connectivity index (χ4n) is 4.28. The Bertz CT molecular complexity index is 1390. The van der Waals surface area contributed by atoms with E-state index in [2.05, 4.69) is 0 Å². The van der Waals surface area contributed by atoms with Crippen molar-refractivity contribution >= 4 is 0 Å². The fourth-order valence-corrected chi connectivity index (χ4v) is 4.28. The number of aliphatic hydroxyl groups excluding tert-OH is 2. The Balaban J connectivity index is 1.30. The molecule has 0 saturated heterocycles. The van der Waals surface area contributed by atoms with Crippen molar-refractivity contribution in [1.82, 2.24) is 0 Å². The van der Waals surface area contributed by atoms with Crippen LogP contribution in [0.4, 0.5) is 0 Å². The lowest BCUT2D eigenvalue weighted by molar-refractivity contribution is 0.0169. The molecule has 5 nitrogen and oxygen atoms in total. The zero-order valence-electron chi connectivity index (χ0n) is 22.1. The Labute approximate surface area is 234 Å². The van der Waals surface area contributed by atoms with E-state index in [4.69, 9.17) is 14.2 Å². The molecule has 0 aliphatic carbocycles. The van der Waals surface area contributed by atoms with Gasteiger partial charge in [0.1, 0.15) is 49.3 Å². The van der Waals surface area contributed by atoms with Crippen molar-refractivity contribution in [3.63, 3.8) is 0 Å². The largest absolute Gasteiger partial charge is 0.489 e. The molecule has 202 valence electrons. The molecule has 5 aromatic rings. The molecule has 2 atom stereocenters. The molecule has 5 aromatic carbocycles. The summed E-state index contributed by atoms with van der Waals surface area (Å²) in [6.45, 7) is 1.18. The van der Waals surface area contributed by atoms with Gasteiger partial charge in [-0.2, -0.15) is 0 Å². The predicted molar refractivity (Wildman–Crippen MR) is 155 cm³/mol. The minimum Gasteiger partial charge on any atom is -0.489 e. The number of benzene rings is 5. The Kier molecular flexibility index (Phi) is 9.09. The van der Waals surface area contributed by atoms with Crippen LogP contribution in [-0.4, -0.2) is 10.2 Å². The molecule has 0 aliphatic heterocycles. The normalized spacial score (nSPS) is 12.3. The minimum atomic E-state index is -1.20. The smallest absolute Gasteiger partial charge is 0.123 e. The lowest BCUT2D eigenvalue weighted by Gasteiger charge is -2.21. The second-order valence-corrected chi connectivity index (χ2v) is 9.52. The van der Waals surface area contributed by atoms with E-state index in [0.717, 1.165) is 16.7 Å². The van der Waals surface area contributed by atoms with Crippen molar-refractivity contribution in [3.05, 3.63) is 161 Å². The topological polar surface area (TPSA) is 68.2 Å². The highest BCUT2D eigenvalue weighted by molar-refractivity contribution is 5.41. The van der Waals surface area contributed by atoms with Gasteiger partial charge in [-0.3, -0.25) is 0 Å². The van der Waals surface area contributed by atoms with Gasteiger partial charge >= 0.3 is 0 Å². The Hall–Kier alpha value is -4.58. The highest BCUT2D eigenvalue weighted by Gasteiger charge is 2.22. The molecule has 0 amide bonds.